The third-order valence-corrected chi connectivity index (χ3v) is 3.27. The smallest absolute Gasteiger partial charge is 0.256 e. The van der Waals surface area contributed by atoms with Gasteiger partial charge in [-0.3, -0.25) is 4.79 Å². The van der Waals surface area contributed by atoms with Crippen LogP contribution in [0.3, 0.4) is 0 Å². The van der Waals surface area contributed by atoms with Gasteiger partial charge in [0.15, 0.2) is 0 Å². The maximum absolute atomic E-state index is 12.2. The van der Waals surface area contributed by atoms with E-state index in [1.807, 2.05) is 19.1 Å². The fraction of sp³-hybridized carbons (Fsp3) is 0.385. The molecule has 1 aromatic rings. The Balaban J connectivity index is 2.98. The molecule has 0 aliphatic heterocycles. The lowest BCUT2D eigenvalue weighted by atomic mass is 10.0. The second-order valence-electron chi connectivity index (χ2n) is 4.15. The first-order chi connectivity index (χ1) is 8.44. The monoisotopic (exact) mass is 266 g/mol. The summed E-state index contributed by atoms with van der Waals surface area (Å²) in [6.45, 7) is 3.63. The predicted molar refractivity (Wildman–Crippen MR) is 76.7 cm³/mol. The molecule has 0 aromatic heterocycles. The van der Waals surface area contributed by atoms with E-state index in [-0.39, 0.29) is 10.9 Å². The summed E-state index contributed by atoms with van der Waals surface area (Å²) in [5, 5.41) is 2.80. The zero-order chi connectivity index (χ0) is 13.8. The third kappa shape index (κ3) is 3.05. The van der Waals surface area contributed by atoms with Gasteiger partial charge in [-0.15, -0.1) is 0 Å². The average Bonchev–Trinajstić information content (AvgIpc) is 2.38. The molecule has 3 N–H and O–H groups in total. The van der Waals surface area contributed by atoms with E-state index < -0.39 is 5.60 Å². The number of thiocarbonyl (C=S) groups is 1. The molecular formula is C13H18N2O2S. The van der Waals surface area contributed by atoms with Crippen LogP contribution in [0, 0.1) is 0 Å². The van der Waals surface area contributed by atoms with Gasteiger partial charge < -0.3 is 15.8 Å². The molecule has 0 saturated heterocycles. The molecule has 0 spiro atoms. The van der Waals surface area contributed by atoms with Gasteiger partial charge in [0, 0.05) is 12.7 Å². The fourth-order valence-electron chi connectivity index (χ4n) is 1.46. The van der Waals surface area contributed by atoms with Crippen molar-refractivity contribution in [2.24, 2.45) is 5.73 Å². The molecule has 0 saturated carbocycles. The van der Waals surface area contributed by atoms with Crippen molar-refractivity contribution in [1.29, 1.82) is 0 Å². The van der Waals surface area contributed by atoms with Crippen LogP contribution in [0.15, 0.2) is 24.3 Å². The minimum atomic E-state index is -0.858. The van der Waals surface area contributed by atoms with Crippen LogP contribution in [-0.4, -0.2) is 23.6 Å². The highest BCUT2D eigenvalue weighted by molar-refractivity contribution is 7.80. The minimum Gasteiger partial charge on any atom is -0.389 e. The molecule has 0 aliphatic rings. The lowest BCUT2D eigenvalue weighted by molar-refractivity contribution is -0.136. The number of nitrogens with one attached hydrogen (secondary N) is 1. The molecule has 0 heterocycles. The van der Waals surface area contributed by atoms with Crippen LogP contribution in [0.1, 0.15) is 25.8 Å². The number of amides is 1. The lowest BCUT2D eigenvalue weighted by Crippen LogP contribution is -2.41. The molecule has 0 fully saturated rings. The first-order valence-corrected chi connectivity index (χ1v) is 6.11. The van der Waals surface area contributed by atoms with Crippen LogP contribution in [0.5, 0.6) is 0 Å². The number of rotatable bonds is 5. The van der Waals surface area contributed by atoms with E-state index in [1.165, 1.54) is 7.11 Å². The van der Waals surface area contributed by atoms with E-state index in [4.69, 9.17) is 22.7 Å². The first-order valence-electron chi connectivity index (χ1n) is 5.70. The van der Waals surface area contributed by atoms with Crippen LogP contribution in [0.4, 0.5) is 5.69 Å². The lowest BCUT2D eigenvalue weighted by Gasteiger charge is -2.25. The summed E-state index contributed by atoms with van der Waals surface area (Å²) >= 11 is 4.95. The van der Waals surface area contributed by atoms with E-state index in [0.717, 1.165) is 0 Å². The summed E-state index contributed by atoms with van der Waals surface area (Å²) in [5.74, 6) is -0.212. The Morgan fingerprint density at radius 1 is 1.50 bits per heavy atom. The Hall–Kier alpha value is -1.46. The van der Waals surface area contributed by atoms with Gasteiger partial charge in [0.2, 0.25) is 0 Å². The molecule has 1 unspecified atom stereocenters. The quantitative estimate of drug-likeness (QED) is 0.801. The highest BCUT2D eigenvalue weighted by Crippen LogP contribution is 2.20. The molecule has 4 nitrogen and oxygen atoms in total. The highest BCUT2D eigenvalue weighted by Gasteiger charge is 2.31. The highest BCUT2D eigenvalue weighted by atomic mass is 32.1. The summed E-state index contributed by atoms with van der Waals surface area (Å²) in [5.41, 5.74) is 6.01. The molecule has 18 heavy (non-hydrogen) atoms. The normalized spacial score (nSPS) is 13.7. The topological polar surface area (TPSA) is 64.3 Å². The van der Waals surface area contributed by atoms with Crippen molar-refractivity contribution >= 4 is 28.8 Å². The number of carbonyl (C=O) groups excluding carboxylic acids is 1. The molecule has 5 heteroatoms. The van der Waals surface area contributed by atoms with Gasteiger partial charge in [-0.1, -0.05) is 31.3 Å². The predicted octanol–water partition coefficient (Wildman–Crippen LogP) is 2.07. The van der Waals surface area contributed by atoms with Crippen molar-refractivity contribution < 1.29 is 9.53 Å². The standard InChI is InChI=1S/C13H18N2O2S/c1-4-13(2,17-3)12(16)15-10-8-6-5-7-9(10)11(14)18/h5-8H,4H2,1-3H3,(H2,14,18)(H,15,16). The second-order valence-corrected chi connectivity index (χ2v) is 4.59. The minimum absolute atomic E-state index is 0.212. The molecule has 1 rings (SSSR count). The van der Waals surface area contributed by atoms with Gasteiger partial charge in [-0.25, -0.2) is 0 Å². The number of methoxy groups -OCH3 is 1. The van der Waals surface area contributed by atoms with Gasteiger partial charge in [0.05, 0.1) is 5.69 Å². The number of carbonyl (C=O) groups is 1. The third-order valence-electron chi connectivity index (χ3n) is 3.05. The van der Waals surface area contributed by atoms with E-state index in [0.29, 0.717) is 17.7 Å². The Morgan fingerprint density at radius 2 is 2.11 bits per heavy atom. The van der Waals surface area contributed by atoms with E-state index in [1.54, 1.807) is 19.1 Å². The number of para-hydroxylation sites is 1. The number of hydrogen-bond donors (Lipinski definition) is 2. The molecule has 1 atom stereocenters. The molecule has 98 valence electrons. The zero-order valence-electron chi connectivity index (χ0n) is 10.8. The Labute approximate surface area is 113 Å². The second kappa shape index (κ2) is 5.93. The molecule has 0 bridgehead atoms. The van der Waals surface area contributed by atoms with Crippen LogP contribution in [0.2, 0.25) is 0 Å². The maximum Gasteiger partial charge on any atom is 0.256 e. The van der Waals surface area contributed by atoms with Gasteiger partial charge >= 0.3 is 0 Å². The van der Waals surface area contributed by atoms with Crippen LogP contribution >= 0.6 is 12.2 Å². The Kier molecular flexibility index (Phi) is 4.81. The number of nitrogens with two attached hydrogens (primary N) is 1. The average molecular weight is 266 g/mol. The largest absolute Gasteiger partial charge is 0.389 e. The summed E-state index contributed by atoms with van der Waals surface area (Å²) in [7, 11) is 1.52. The molecular weight excluding hydrogens is 248 g/mol. The summed E-state index contributed by atoms with van der Waals surface area (Å²) in [6, 6.07) is 7.17. The first kappa shape index (κ1) is 14.6. The Bertz CT molecular complexity index is 456. The maximum atomic E-state index is 12.2. The molecule has 0 aliphatic carbocycles. The molecule has 1 aromatic carbocycles. The van der Waals surface area contributed by atoms with Gasteiger partial charge in [-0.2, -0.15) is 0 Å². The number of anilines is 1. The van der Waals surface area contributed by atoms with E-state index in [9.17, 15) is 4.79 Å². The fourth-order valence-corrected chi connectivity index (χ4v) is 1.64. The molecule has 0 radical (unpaired) electrons. The van der Waals surface area contributed by atoms with Crippen LogP contribution < -0.4 is 11.1 Å². The summed E-state index contributed by atoms with van der Waals surface area (Å²) in [4.78, 5) is 12.4. The van der Waals surface area contributed by atoms with E-state index in [2.05, 4.69) is 5.32 Å². The van der Waals surface area contributed by atoms with E-state index >= 15 is 0 Å². The van der Waals surface area contributed by atoms with Crippen molar-refractivity contribution in [3.8, 4) is 0 Å². The SMILES string of the molecule is CCC(C)(OC)C(=O)Nc1ccccc1C(N)=S. The summed E-state index contributed by atoms with van der Waals surface area (Å²) < 4.78 is 5.25. The summed E-state index contributed by atoms with van der Waals surface area (Å²) in [6.07, 6.45) is 0.574. The van der Waals surface area contributed by atoms with Gasteiger partial charge in [0.1, 0.15) is 10.6 Å². The Morgan fingerprint density at radius 3 is 2.61 bits per heavy atom. The van der Waals surface area contributed by atoms with Crippen molar-refractivity contribution in [3.63, 3.8) is 0 Å². The zero-order valence-corrected chi connectivity index (χ0v) is 11.6. The van der Waals surface area contributed by atoms with Crippen molar-refractivity contribution in [2.45, 2.75) is 25.9 Å². The van der Waals surface area contributed by atoms with Crippen molar-refractivity contribution in [1.82, 2.24) is 0 Å². The van der Waals surface area contributed by atoms with Crippen LogP contribution in [-0.2, 0) is 9.53 Å². The van der Waals surface area contributed by atoms with Gasteiger partial charge in [-0.05, 0) is 25.5 Å². The molecule has 1 amide bonds. The van der Waals surface area contributed by atoms with Gasteiger partial charge in [0.25, 0.3) is 5.91 Å². The number of benzene rings is 1. The van der Waals surface area contributed by atoms with Crippen LogP contribution in [0.25, 0.3) is 0 Å². The van der Waals surface area contributed by atoms with Crippen molar-refractivity contribution in [3.05, 3.63) is 29.8 Å². The number of hydrogen-bond acceptors (Lipinski definition) is 3. The number of ether oxygens (including phenoxy) is 1. The van der Waals surface area contributed by atoms with Crippen molar-refractivity contribution in [2.75, 3.05) is 12.4 Å².